The molecule has 0 unspecified atom stereocenters. The third-order valence-electron chi connectivity index (χ3n) is 3.95. The Balaban J connectivity index is 0.000000379. The molecule has 30 heavy (non-hydrogen) atoms. The van der Waals surface area contributed by atoms with Gasteiger partial charge in [0.15, 0.2) is 0 Å². The molecule has 0 fully saturated rings. The summed E-state index contributed by atoms with van der Waals surface area (Å²) in [5.74, 6) is -0.0365. The number of non-ortho nitro benzene ring substituents is 1. The predicted octanol–water partition coefficient (Wildman–Crippen LogP) is 6.19. The number of nitro groups is 1. The first-order chi connectivity index (χ1) is 13.9. The molecule has 0 saturated heterocycles. The van der Waals surface area contributed by atoms with Crippen molar-refractivity contribution in [2.75, 3.05) is 0 Å². The Labute approximate surface area is 188 Å². The summed E-state index contributed by atoms with van der Waals surface area (Å²) in [6, 6.07) is 19.8. The summed E-state index contributed by atoms with van der Waals surface area (Å²) >= 11 is -0.0765. The van der Waals surface area contributed by atoms with Gasteiger partial charge in [-0.3, -0.25) is 15.1 Å². The second-order valence-electron chi connectivity index (χ2n) is 6.09. The van der Waals surface area contributed by atoms with Gasteiger partial charge in [-0.15, -0.1) is 0 Å². The minimum atomic E-state index is -0.504. The van der Waals surface area contributed by atoms with Crippen LogP contribution in [0.1, 0.15) is 22.3 Å². The van der Waals surface area contributed by atoms with E-state index in [0.29, 0.717) is 5.56 Å². The first-order valence-electron chi connectivity index (χ1n) is 8.60. The monoisotopic (exact) mass is 512 g/mol. The second-order valence-corrected chi connectivity index (χ2v) is 7.88. The number of para-hydroxylation sites is 1. The first-order valence-corrected chi connectivity index (χ1v) is 11.8. The van der Waals surface area contributed by atoms with Crippen LogP contribution in [0, 0.1) is 31.4 Å². The van der Waals surface area contributed by atoms with Gasteiger partial charge in [0.05, 0.1) is 10.6 Å². The number of nitro benzene ring substituents is 1. The number of phenols is 1. The third kappa shape index (κ3) is 7.62. The van der Waals surface area contributed by atoms with Gasteiger partial charge in [0.25, 0.3) is 5.69 Å². The topological polar surface area (TPSA) is 75.7 Å². The Bertz CT molecular complexity index is 1020. The zero-order chi connectivity index (χ0) is 21.2. The van der Waals surface area contributed by atoms with Crippen molar-refractivity contribution in [3.8, 4) is 5.75 Å². The fourth-order valence-electron chi connectivity index (χ4n) is 2.47. The van der Waals surface area contributed by atoms with Crippen molar-refractivity contribution >= 4 is 31.9 Å². The van der Waals surface area contributed by atoms with E-state index in [1.807, 2.05) is 50.2 Å². The van der Waals surface area contributed by atoms with Gasteiger partial charge in [0.1, 0.15) is 5.75 Å². The molecule has 0 atom stereocenters. The molecule has 0 aliphatic rings. The van der Waals surface area contributed by atoms with Crippen LogP contribution in [0.5, 0.6) is 5.75 Å². The van der Waals surface area contributed by atoms with Crippen molar-refractivity contribution in [1.29, 1.82) is 0 Å². The molecule has 159 valence electrons. The van der Waals surface area contributed by atoms with E-state index in [0.717, 1.165) is 16.8 Å². The molecular formula is C23H23ClN2O3Ru-. The van der Waals surface area contributed by atoms with Gasteiger partial charge in [-0.1, -0.05) is 18.2 Å². The SMILES string of the molecule is Cc1cccc(C)c1N=Cc1cc([N+](=O)[O-])ccc1O.[CH3-].[Cl][Ru]=[CH]c1ccccc1. The molecule has 1 N–H and O–H groups in total. The van der Waals surface area contributed by atoms with Crippen molar-refractivity contribution in [3.63, 3.8) is 0 Å². The molecule has 3 aromatic carbocycles. The number of nitrogens with zero attached hydrogens (tertiary/aromatic N) is 2. The fourth-order valence-corrected chi connectivity index (χ4v) is 3.55. The molecule has 0 aliphatic heterocycles. The Morgan fingerprint density at radius 1 is 1.03 bits per heavy atom. The molecule has 0 amide bonds. The van der Waals surface area contributed by atoms with E-state index >= 15 is 0 Å². The van der Waals surface area contributed by atoms with Crippen molar-refractivity contribution in [2.24, 2.45) is 4.99 Å². The van der Waals surface area contributed by atoms with E-state index in [2.05, 4.69) is 21.7 Å². The van der Waals surface area contributed by atoms with Crippen LogP contribution >= 0.6 is 9.69 Å². The van der Waals surface area contributed by atoms with Crippen LogP contribution in [0.4, 0.5) is 11.4 Å². The summed E-state index contributed by atoms with van der Waals surface area (Å²) < 4.78 is 2.06. The molecule has 0 bridgehead atoms. The molecule has 5 nitrogen and oxygen atoms in total. The van der Waals surface area contributed by atoms with E-state index in [4.69, 9.17) is 9.69 Å². The number of phenolic OH excluding ortho intramolecular Hbond substituents is 1. The number of halogens is 1. The summed E-state index contributed by atoms with van der Waals surface area (Å²) in [5.41, 5.74) is 4.29. The molecule has 7 heteroatoms. The molecule has 0 heterocycles. The molecule has 0 aromatic heterocycles. The predicted molar refractivity (Wildman–Crippen MR) is 122 cm³/mol. The van der Waals surface area contributed by atoms with Crippen LogP contribution in [0.3, 0.4) is 0 Å². The number of aromatic hydroxyl groups is 1. The summed E-state index contributed by atoms with van der Waals surface area (Å²) in [6.07, 6.45) is 1.44. The molecule has 0 spiro atoms. The third-order valence-corrected chi connectivity index (χ3v) is 5.18. The van der Waals surface area contributed by atoms with Gasteiger partial charge in [-0.05, 0) is 31.0 Å². The van der Waals surface area contributed by atoms with Gasteiger partial charge in [0, 0.05) is 23.9 Å². The van der Waals surface area contributed by atoms with Crippen LogP contribution < -0.4 is 0 Å². The zero-order valence-corrected chi connectivity index (χ0v) is 19.4. The average Bonchev–Trinajstić information content (AvgIpc) is 2.70. The molecule has 0 radical (unpaired) electrons. The number of rotatable bonds is 4. The van der Waals surface area contributed by atoms with Crippen LogP contribution in [0.25, 0.3) is 0 Å². The molecule has 3 aromatic rings. The van der Waals surface area contributed by atoms with E-state index in [9.17, 15) is 15.2 Å². The van der Waals surface area contributed by atoms with Crippen molar-refractivity contribution in [2.45, 2.75) is 13.8 Å². The number of aryl methyl sites for hydroxylation is 2. The maximum absolute atomic E-state index is 10.7. The van der Waals surface area contributed by atoms with Crippen LogP contribution in [0.2, 0.25) is 0 Å². The van der Waals surface area contributed by atoms with E-state index < -0.39 is 4.92 Å². The van der Waals surface area contributed by atoms with E-state index in [1.54, 1.807) is 0 Å². The average molecular weight is 512 g/mol. The van der Waals surface area contributed by atoms with Crippen LogP contribution in [0.15, 0.2) is 71.7 Å². The van der Waals surface area contributed by atoms with Crippen LogP contribution in [-0.4, -0.2) is 20.9 Å². The maximum atomic E-state index is 10.7. The molecule has 3 rings (SSSR count). The van der Waals surface area contributed by atoms with Gasteiger partial charge < -0.3 is 12.5 Å². The Kier molecular flexibility index (Phi) is 10.8. The fraction of sp³-hybridized carbons (Fsp3) is 0.0870. The minimum absolute atomic E-state index is 0. The Morgan fingerprint density at radius 3 is 2.23 bits per heavy atom. The quantitative estimate of drug-likeness (QED) is 0.149. The van der Waals surface area contributed by atoms with Crippen molar-refractivity contribution in [1.82, 2.24) is 0 Å². The van der Waals surface area contributed by atoms with Gasteiger partial charge in [-0.25, -0.2) is 0 Å². The first kappa shape index (κ1) is 25.3. The van der Waals surface area contributed by atoms with E-state index in [1.165, 1.54) is 30.0 Å². The number of benzene rings is 3. The summed E-state index contributed by atoms with van der Waals surface area (Å²) in [4.78, 5) is 14.6. The summed E-state index contributed by atoms with van der Waals surface area (Å²) in [5, 5.41) is 20.4. The number of aliphatic imine (C=N–C) groups is 1. The number of hydrogen-bond acceptors (Lipinski definition) is 4. The van der Waals surface area contributed by atoms with Gasteiger partial charge >= 0.3 is 65.9 Å². The normalized spacial score (nSPS) is 10.6. The van der Waals surface area contributed by atoms with Crippen molar-refractivity contribution in [3.05, 3.63) is 107 Å². The Hall–Kier alpha value is -2.69. The Morgan fingerprint density at radius 2 is 1.67 bits per heavy atom. The molecule has 0 saturated carbocycles. The standard InChI is InChI=1S/C15H14N2O3.C7H6.CH3.ClH.Ru/c1-10-4-3-5-11(2)15(10)16-9-12-8-13(17(19)20)6-7-14(12)18;1-7-5-3-2-4-6-7;;;/h3-9,18H,1-2H3;1-6H;1H3;1H;/q;;-1;;+1/p-1. The zero-order valence-electron chi connectivity index (χ0n) is 16.9. The van der Waals surface area contributed by atoms with Gasteiger partial charge in [-0.2, -0.15) is 0 Å². The second kappa shape index (κ2) is 12.8. The summed E-state index contributed by atoms with van der Waals surface area (Å²) in [7, 11) is 5.57. The van der Waals surface area contributed by atoms with E-state index in [-0.39, 0.29) is 34.5 Å². The molecule has 0 aliphatic carbocycles. The number of hydrogen-bond donors (Lipinski definition) is 1. The van der Waals surface area contributed by atoms with Crippen LogP contribution in [-0.2, 0) is 15.7 Å². The molecular weight excluding hydrogens is 489 g/mol. The van der Waals surface area contributed by atoms with Crippen molar-refractivity contribution < 1.29 is 25.7 Å². The van der Waals surface area contributed by atoms with Gasteiger partial charge in [0.2, 0.25) is 0 Å². The summed E-state index contributed by atoms with van der Waals surface area (Å²) in [6.45, 7) is 3.87.